The van der Waals surface area contributed by atoms with Crippen LogP contribution in [-0.4, -0.2) is 30.9 Å². The molecule has 1 aliphatic rings. The van der Waals surface area contributed by atoms with Crippen molar-refractivity contribution in [1.29, 1.82) is 0 Å². The highest BCUT2D eigenvalue weighted by Gasteiger charge is 2.19. The van der Waals surface area contributed by atoms with E-state index in [1.165, 1.54) is 0 Å². The van der Waals surface area contributed by atoms with Gasteiger partial charge in [0.25, 0.3) is 5.91 Å². The third kappa shape index (κ3) is 6.20. The second-order valence-corrected chi connectivity index (χ2v) is 6.20. The standard InChI is InChI=1S/C17H25N3O2.ClH/c1-12(2)11-19-17(22)14-7-3-4-8-15(14)20-16(21)10-13-6-5-9-18-13;/h3-4,7-8,12-13,18H,5-6,9-11H2,1-2H3,(H,19,22)(H,20,21);1H. The third-order valence-electron chi connectivity index (χ3n) is 3.71. The maximum Gasteiger partial charge on any atom is 0.253 e. The highest BCUT2D eigenvalue weighted by molar-refractivity contribution is 6.03. The van der Waals surface area contributed by atoms with Gasteiger partial charge in [0.1, 0.15) is 0 Å². The Labute approximate surface area is 144 Å². The highest BCUT2D eigenvalue weighted by atomic mass is 35.5. The molecule has 0 radical (unpaired) electrons. The van der Waals surface area contributed by atoms with Gasteiger partial charge in [0.15, 0.2) is 0 Å². The molecule has 1 aromatic rings. The summed E-state index contributed by atoms with van der Waals surface area (Å²) >= 11 is 0. The first-order valence-electron chi connectivity index (χ1n) is 7.96. The Morgan fingerprint density at radius 1 is 1.30 bits per heavy atom. The molecule has 1 saturated heterocycles. The number of hydrogen-bond donors (Lipinski definition) is 3. The van der Waals surface area contributed by atoms with Crippen LogP contribution in [0.4, 0.5) is 5.69 Å². The molecule has 1 fully saturated rings. The molecule has 2 amide bonds. The number of para-hydroxylation sites is 1. The van der Waals surface area contributed by atoms with Crippen LogP contribution in [0.5, 0.6) is 0 Å². The minimum Gasteiger partial charge on any atom is -0.352 e. The Kier molecular flexibility index (Phi) is 8.06. The summed E-state index contributed by atoms with van der Waals surface area (Å²) in [4.78, 5) is 24.3. The molecule has 2 rings (SSSR count). The number of anilines is 1. The van der Waals surface area contributed by atoms with Crippen molar-refractivity contribution in [2.75, 3.05) is 18.4 Å². The minimum atomic E-state index is -0.149. The molecule has 1 unspecified atom stereocenters. The monoisotopic (exact) mass is 339 g/mol. The molecule has 0 saturated carbocycles. The Balaban J connectivity index is 0.00000264. The molecule has 0 aromatic heterocycles. The molecule has 23 heavy (non-hydrogen) atoms. The van der Waals surface area contributed by atoms with Gasteiger partial charge in [-0.25, -0.2) is 0 Å². The average molecular weight is 340 g/mol. The van der Waals surface area contributed by atoms with Crippen molar-refractivity contribution in [3.8, 4) is 0 Å². The third-order valence-corrected chi connectivity index (χ3v) is 3.71. The summed E-state index contributed by atoms with van der Waals surface area (Å²) in [7, 11) is 0. The predicted molar refractivity (Wildman–Crippen MR) is 95.1 cm³/mol. The van der Waals surface area contributed by atoms with Crippen LogP contribution in [-0.2, 0) is 4.79 Å². The van der Waals surface area contributed by atoms with Crippen LogP contribution >= 0.6 is 12.4 Å². The zero-order valence-corrected chi connectivity index (χ0v) is 14.5. The first-order valence-corrected chi connectivity index (χ1v) is 7.96. The average Bonchev–Trinajstić information content (AvgIpc) is 2.98. The second-order valence-electron chi connectivity index (χ2n) is 6.20. The molecule has 128 valence electrons. The fourth-order valence-corrected chi connectivity index (χ4v) is 2.54. The molecule has 1 atom stereocenters. The van der Waals surface area contributed by atoms with Crippen molar-refractivity contribution in [3.05, 3.63) is 29.8 Å². The molecule has 3 N–H and O–H groups in total. The molecule has 6 heteroatoms. The maximum atomic E-state index is 12.2. The van der Waals surface area contributed by atoms with Gasteiger partial charge >= 0.3 is 0 Å². The molecule has 0 spiro atoms. The van der Waals surface area contributed by atoms with Crippen molar-refractivity contribution in [2.24, 2.45) is 5.92 Å². The lowest BCUT2D eigenvalue weighted by Gasteiger charge is -2.14. The minimum absolute atomic E-state index is 0. The summed E-state index contributed by atoms with van der Waals surface area (Å²) in [6, 6.07) is 7.38. The van der Waals surface area contributed by atoms with E-state index in [0.717, 1.165) is 19.4 Å². The van der Waals surface area contributed by atoms with Crippen LogP contribution < -0.4 is 16.0 Å². The Hall–Kier alpha value is -1.59. The van der Waals surface area contributed by atoms with Gasteiger partial charge in [0, 0.05) is 19.0 Å². The second kappa shape index (κ2) is 9.53. The zero-order chi connectivity index (χ0) is 15.9. The number of carbonyl (C=O) groups excluding carboxylic acids is 2. The topological polar surface area (TPSA) is 70.2 Å². The largest absolute Gasteiger partial charge is 0.352 e. The van der Waals surface area contributed by atoms with E-state index in [0.29, 0.717) is 30.1 Å². The SMILES string of the molecule is CC(C)CNC(=O)c1ccccc1NC(=O)CC1CCCN1.Cl. The summed E-state index contributed by atoms with van der Waals surface area (Å²) in [5.74, 6) is 0.186. The normalized spacial score (nSPS) is 16.7. The molecule has 0 bridgehead atoms. The van der Waals surface area contributed by atoms with Gasteiger partial charge in [-0.3, -0.25) is 9.59 Å². The van der Waals surface area contributed by atoms with Gasteiger partial charge in [0.05, 0.1) is 11.3 Å². The van der Waals surface area contributed by atoms with Crippen molar-refractivity contribution in [1.82, 2.24) is 10.6 Å². The van der Waals surface area contributed by atoms with E-state index >= 15 is 0 Å². The number of rotatable bonds is 6. The first kappa shape index (κ1) is 19.5. The fourth-order valence-electron chi connectivity index (χ4n) is 2.54. The lowest BCUT2D eigenvalue weighted by Crippen LogP contribution is -2.30. The van der Waals surface area contributed by atoms with Gasteiger partial charge in [-0.2, -0.15) is 0 Å². The number of nitrogens with one attached hydrogen (secondary N) is 3. The number of carbonyl (C=O) groups is 2. The van der Waals surface area contributed by atoms with Crippen molar-refractivity contribution in [2.45, 2.75) is 39.2 Å². The summed E-state index contributed by atoms with van der Waals surface area (Å²) in [5.41, 5.74) is 1.09. The molecule has 1 aliphatic heterocycles. The fraction of sp³-hybridized carbons (Fsp3) is 0.529. The van der Waals surface area contributed by atoms with Crippen LogP contribution in [0.3, 0.4) is 0 Å². The van der Waals surface area contributed by atoms with Crippen LogP contribution in [0.15, 0.2) is 24.3 Å². The summed E-state index contributed by atoms with van der Waals surface area (Å²) in [6.07, 6.45) is 2.60. The molecular weight excluding hydrogens is 314 g/mol. The molecule has 5 nitrogen and oxygen atoms in total. The quantitative estimate of drug-likeness (QED) is 0.746. The lowest BCUT2D eigenvalue weighted by molar-refractivity contribution is -0.116. The van der Waals surface area contributed by atoms with Crippen LogP contribution in [0, 0.1) is 5.92 Å². The van der Waals surface area contributed by atoms with E-state index in [1.807, 2.05) is 19.9 Å². The first-order chi connectivity index (χ1) is 10.6. The van der Waals surface area contributed by atoms with Gasteiger partial charge in [-0.15, -0.1) is 12.4 Å². The molecule has 1 heterocycles. The molecular formula is C17H26ClN3O2. The predicted octanol–water partition coefficient (Wildman–Crippen LogP) is 2.57. The van der Waals surface area contributed by atoms with E-state index in [1.54, 1.807) is 18.2 Å². The summed E-state index contributed by atoms with van der Waals surface area (Å²) in [6.45, 7) is 5.68. The number of hydrogen-bond acceptors (Lipinski definition) is 3. The highest BCUT2D eigenvalue weighted by Crippen LogP contribution is 2.17. The summed E-state index contributed by atoms with van der Waals surface area (Å²) in [5, 5.41) is 9.05. The van der Waals surface area contributed by atoms with Gasteiger partial charge < -0.3 is 16.0 Å². The Bertz CT molecular complexity index is 528. The van der Waals surface area contributed by atoms with Crippen LogP contribution in [0.1, 0.15) is 43.5 Å². The number of amides is 2. The number of halogens is 1. The van der Waals surface area contributed by atoms with E-state index in [9.17, 15) is 9.59 Å². The smallest absolute Gasteiger partial charge is 0.253 e. The van der Waals surface area contributed by atoms with Crippen LogP contribution in [0.25, 0.3) is 0 Å². The van der Waals surface area contributed by atoms with E-state index in [2.05, 4.69) is 16.0 Å². The Morgan fingerprint density at radius 2 is 2.04 bits per heavy atom. The van der Waals surface area contributed by atoms with Gasteiger partial charge in [-0.05, 0) is 37.4 Å². The molecule has 1 aromatic carbocycles. The van der Waals surface area contributed by atoms with E-state index < -0.39 is 0 Å². The van der Waals surface area contributed by atoms with E-state index in [-0.39, 0.29) is 30.3 Å². The van der Waals surface area contributed by atoms with E-state index in [4.69, 9.17) is 0 Å². The van der Waals surface area contributed by atoms with Crippen molar-refractivity contribution >= 4 is 29.9 Å². The zero-order valence-electron chi connectivity index (χ0n) is 13.7. The lowest BCUT2D eigenvalue weighted by atomic mass is 10.1. The number of benzene rings is 1. The Morgan fingerprint density at radius 3 is 2.70 bits per heavy atom. The van der Waals surface area contributed by atoms with Crippen LogP contribution in [0.2, 0.25) is 0 Å². The summed E-state index contributed by atoms with van der Waals surface area (Å²) < 4.78 is 0. The maximum absolute atomic E-state index is 12.2. The molecule has 0 aliphatic carbocycles. The van der Waals surface area contributed by atoms with Gasteiger partial charge in [-0.1, -0.05) is 26.0 Å². The van der Waals surface area contributed by atoms with Gasteiger partial charge in [0.2, 0.25) is 5.91 Å². The van der Waals surface area contributed by atoms with Crippen molar-refractivity contribution < 1.29 is 9.59 Å². The van der Waals surface area contributed by atoms with Crippen molar-refractivity contribution in [3.63, 3.8) is 0 Å².